The summed E-state index contributed by atoms with van der Waals surface area (Å²) < 4.78 is 1.59. The van der Waals surface area contributed by atoms with Crippen LogP contribution < -0.4 is 11.4 Å². The number of hydrogen-bond acceptors (Lipinski definition) is 3. The first-order valence-electron chi connectivity index (χ1n) is 4.43. The van der Waals surface area contributed by atoms with Gasteiger partial charge in [-0.05, 0) is 20.3 Å². The van der Waals surface area contributed by atoms with E-state index in [1.54, 1.807) is 10.8 Å². The van der Waals surface area contributed by atoms with Crippen LogP contribution in [0, 0.1) is 0 Å². The Morgan fingerprint density at radius 1 is 1.62 bits per heavy atom. The van der Waals surface area contributed by atoms with E-state index >= 15 is 0 Å². The van der Waals surface area contributed by atoms with Gasteiger partial charge in [0.2, 0.25) is 0 Å². The number of nitrogen functional groups attached to an aromatic ring is 1. The van der Waals surface area contributed by atoms with Gasteiger partial charge in [-0.15, -0.1) is 0 Å². The molecule has 0 radical (unpaired) electrons. The number of aromatic nitrogens is 2. The lowest BCUT2D eigenvalue weighted by atomic mass is 10.2. The fourth-order valence-electron chi connectivity index (χ4n) is 1.16. The second-order valence-corrected chi connectivity index (χ2v) is 3.29. The van der Waals surface area contributed by atoms with Crippen molar-refractivity contribution in [1.29, 1.82) is 0 Å². The third-order valence-corrected chi connectivity index (χ3v) is 2.00. The zero-order valence-electron chi connectivity index (χ0n) is 8.24. The summed E-state index contributed by atoms with van der Waals surface area (Å²) in [6.07, 6.45) is 2.58. The van der Waals surface area contributed by atoms with Gasteiger partial charge in [-0.2, -0.15) is 4.98 Å². The molecule has 0 fully saturated rings. The van der Waals surface area contributed by atoms with Crippen molar-refractivity contribution in [2.75, 3.05) is 5.73 Å². The van der Waals surface area contributed by atoms with Gasteiger partial charge in [0.25, 0.3) is 0 Å². The van der Waals surface area contributed by atoms with Crippen molar-refractivity contribution in [3.05, 3.63) is 22.2 Å². The molecule has 0 bridgehead atoms. The summed E-state index contributed by atoms with van der Waals surface area (Å²) in [5.41, 5.74) is 6.23. The Labute approximate surface area is 77.4 Å². The Morgan fingerprint density at radius 2 is 2.23 bits per heavy atom. The molecule has 0 aliphatic rings. The van der Waals surface area contributed by atoms with Crippen molar-refractivity contribution in [2.24, 2.45) is 0 Å². The van der Waals surface area contributed by atoms with Gasteiger partial charge in [0.15, 0.2) is 0 Å². The Bertz CT molecular complexity index is 354. The Balaban J connectivity index is 3.31. The van der Waals surface area contributed by atoms with Crippen LogP contribution in [0.3, 0.4) is 0 Å². The van der Waals surface area contributed by atoms with Crippen LogP contribution in [0.5, 0.6) is 0 Å². The van der Waals surface area contributed by atoms with Crippen molar-refractivity contribution in [3.8, 4) is 0 Å². The first-order valence-corrected chi connectivity index (χ1v) is 4.43. The number of hydrogen-bond donors (Lipinski definition) is 1. The van der Waals surface area contributed by atoms with E-state index in [-0.39, 0.29) is 11.7 Å². The van der Waals surface area contributed by atoms with Crippen molar-refractivity contribution >= 4 is 5.82 Å². The molecule has 0 saturated carbocycles. The predicted octanol–water partition coefficient (Wildman–Crippen LogP) is 0.969. The maximum absolute atomic E-state index is 11.3. The van der Waals surface area contributed by atoms with Gasteiger partial charge >= 0.3 is 5.69 Å². The van der Waals surface area contributed by atoms with Crippen LogP contribution in [-0.2, 0) is 6.42 Å². The van der Waals surface area contributed by atoms with Crippen molar-refractivity contribution in [3.63, 3.8) is 0 Å². The van der Waals surface area contributed by atoms with E-state index in [2.05, 4.69) is 4.98 Å². The highest BCUT2D eigenvalue weighted by atomic mass is 16.1. The summed E-state index contributed by atoms with van der Waals surface area (Å²) in [5.74, 6) is 0.351. The SMILES string of the molecule is CCc1cn(C(C)C)c(=O)nc1N. The van der Waals surface area contributed by atoms with E-state index < -0.39 is 0 Å². The molecule has 4 heteroatoms. The monoisotopic (exact) mass is 181 g/mol. The molecule has 72 valence electrons. The van der Waals surface area contributed by atoms with Crippen LogP contribution in [0.15, 0.2) is 11.0 Å². The van der Waals surface area contributed by atoms with Crippen LogP contribution in [0.1, 0.15) is 32.4 Å². The molecule has 4 nitrogen and oxygen atoms in total. The molecule has 0 saturated heterocycles. The molecule has 0 spiro atoms. The maximum Gasteiger partial charge on any atom is 0.349 e. The number of aryl methyl sites for hydroxylation is 1. The van der Waals surface area contributed by atoms with E-state index in [0.717, 1.165) is 12.0 Å². The molecule has 0 amide bonds. The van der Waals surface area contributed by atoms with Gasteiger partial charge in [0, 0.05) is 17.8 Å². The van der Waals surface area contributed by atoms with Crippen LogP contribution in [0.2, 0.25) is 0 Å². The van der Waals surface area contributed by atoms with Gasteiger partial charge in [-0.25, -0.2) is 4.79 Å². The number of nitrogens with two attached hydrogens (primary N) is 1. The van der Waals surface area contributed by atoms with Gasteiger partial charge in [0.1, 0.15) is 5.82 Å². The second-order valence-electron chi connectivity index (χ2n) is 3.29. The molecule has 1 heterocycles. The Hall–Kier alpha value is -1.32. The third-order valence-electron chi connectivity index (χ3n) is 2.00. The molecule has 0 aliphatic heterocycles. The first kappa shape index (κ1) is 9.77. The van der Waals surface area contributed by atoms with Gasteiger partial charge in [0.05, 0.1) is 0 Å². The molecule has 13 heavy (non-hydrogen) atoms. The molecule has 0 atom stereocenters. The zero-order valence-corrected chi connectivity index (χ0v) is 8.24. The lowest BCUT2D eigenvalue weighted by molar-refractivity contribution is 0.561. The molecule has 2 N–H and O–H groups in total. The standard InChI is InChI=1S/C9H15N3O/c1-4-7-5-12(6(2)3)9(13)11-8(7)10/h5-6H,4H2,1-3H3,(H2,10,11,13). The van der Waals surface area contributed by atoms with Crippen LogP contribution in [-0.4, -0.2) is 9.55 Å². The number of nitrogens with zero attached hydrogens (tertiary/aromatic N) is 2. The summed E-state index contributed by atoms with van der Waals surface area (Å²) in [4.78, 5) is 15.1. The average Bonchev–Trinajstić information content (AvgIpc) is 2.03. The fraction of sp³-hybridized carbons (Fsp3) is 0.556. The number of anilines is 1. The van der Waals surface area contributed by atoms with Gasteiger partial charge < -0.3 is 5.73 Å². The summed E-state index contributed by atoms with van der Waals surface area (Å²) in [7, 11) is 0. The minimum Gasteiger partial charge on any atom is -0.383 e. The highest BCUT2D eigenvalue weighted by Crippen LogP contribution is 2.08. The lowest BCUT2D eigenvalue weighted by Crippen LogP contribution is -2.26. The summed E-state index contributed by atoms with van der Waals surface area (Å²) in [6.45, 7) is 5.87. The van der Waals surface area contributed by atoms with E-state index in [0.29, 0.717) is 5.82 Å². The molecule has 1 aromatic heterocycles. The zero-order chi connectivity index (χ0) is 10.0. The summed E-state index contributed by atoms with van der Waals surface area (Å²) in [6, 6.07) is 0.130. The fourth-order valence-corrected chi connectivity index (χ4v) is 1.16. The molecular weight excluding hydrogens is 166 g/mol. The van der Waals surface area contributed by atoms with E-state index in [9.17, 15) is 4.79 Å². The normalized spacial score (nSPS) is 10.8. The van der Waals surface area contributed by atoms with Crippen molar-refractivity contribution in [2.45, 2.75) is 33.2 Å². The van der Waals surface area contributed by atoms with Crippen LogP contribution in [0.4, 0.5) is 5.82 Å². The molecule has 0 aromatic carbocycles. The van der Waals surface area contributed by atoms with E-state index in [1.807, 2.05) is 20.8 Å². The lowest BCUT2D eigenvalue weighted by Gasteiger charge is -2.11. The van der Waals surface area contributed by atoms with E-state index in [1.165, 1.54) is 0 Å². The topological polar surface area (TPSA) is 60.9 Å². The Kier molecular flexibility index (Phi) is 2.70. The summed E-state index contributed by atoms with van der Waals surface area (Å²) >= 11 is 0. The quantitative estimate of drug-likeness (QED) is 0.739. The minimum atomic E-state index is -0.273. The highest BCUT2D eigenvalue weighted by molar-refractivity contribution is 5.36. The first-order chi connectivity index (χ1) is 6.06. The predicted molar refractivity (Wildman–Crippen MR) is 52.7 cm³/mol. The second kappa shape index (κ2) is 3.60. The Morgan fingerprint density at radius 3 is 2.69 bits per heavy atom. The molecule has 1 aromatic rings. The largest absolute Gasteiger partial charge is 0.383 e. The van der Waals surface area contributed by atoms with Crippen molar-refractivity contribution < 1.29 is 0 Å². The molecule has 0 aliphatic carbocycles. The van der Waals surface area contributed by atoms with Gasteiger partial charge in [-0.1, -0.05) is 6.92 Å². The molecular formula is C9H15N3O. The van der Waals surface area contributed by atoms with Gasteiger partial charge in [-0.3, -0.25) is 4.57 Å². The minimum absolute atomic E-state index is 0.130. The third kappa shape index (κ3) is 1.88. The number of rotatable bonds is 2. The van der Waals surface area contributed by atoms with Crippen LogP contribution >= 0.6 is 0 Å². The van der Waals surface area contributed by atoms with Crippen molar-refractivity contribution in [1.82, 2.24) is 9.55 Å². The van der Waals surface area contributed by atoms with Crippen LogP contribution in [0.25, 0.3) is 0 Å². The molecule has 0 unspecified atom stereocenters. The van der Waals surface area contributed by atoms with E-state index in [4.69, 9.17) is 5.73 Å². The highest BCUT2D eigenvalue weighted by Gasteiger charge is 2.06. The summed E-state index contributed by atoms with van der Waals surface area (Å²) in [5, 5.41) is 0. The maximum atomic E-state index is 11.3. The molecule has 1 rings (SSSR count). The average molecular weight is 181 g/mol. The smallest absolute Gasteiger partial charge is 0.349 e.